The predicted molar refractivity (Wildman–Crippen MR) is 88.8 cm³/mol. The van der Waals surface area contributed by atoms with Gasteiger partial charge in [0.15, 0.2) is 11.5 Å². The number of ether oxygens (including phenoxy) is 3. The SMILES string of the molecule is CC(=O)Oc1cc(/C=C/C(=O)O)ccc1O[C@@H]1O[C@H](CO)[C@@H](O)[C@H](O)[C@H]1O. The zero-order valence-electron chi connectivity index (χ0n) is 14.3. The molecule has 0 bridgehead atoms. The van der Waals surface area contributed by atoms with E-state index in [-0.39, 0.29) is 11.5 Å². The Bertz CT molecular complexity index is 714. The first-order chi connectivity index (χ1) is 12.7. The summed E-state index contributed by atoms with van der Waals surface area (Å²) in [5, 5.41) is 47.5. The van der Waals surface area contributed by atoms with E-state index in [2.05, 4.69) is 0 Å². The Hall–Kier alpha value is -2.50. The molecule has 2 rings (SSSR count). The quantitative estimate of drug-likeness (QED) is 0.231. The average molecular weight is 384 g/mol. The highest BCUT2D eigenvalue weighted by Crippen LogP contribution is 2.32. The zero-order chi connectivity index (χ0) is 20.1. The van der Waals surface area contributed by atoms with Gasteiger partial charge in [0.25, 0.3) is 0 Å². The second-order valence-electron chi connectivity index (χ2n) is 5.79. The van der Waals surface area contributed by atoms with Gasteiger partial charge < -0.3 is 39.7 Å². The van der Waals surface area contributed by atoms with Crippen molar-refractivity contribution in [2.45, 2.75) is 37.6 Å². The monoisotopic (exact) mass is 384 g/mol. The molecule has 10 nitrogen and oxygen atoms in total. The molecule has 1 heterocycles. The second kappa shape index (κ2) is 8.93. The summed E-state index contributed by atoms with van der Waals surface area (Å²) in [6, 6.07) is 4.15. The summed E-state index contributed by atoms with van der Waals surface area (Å²) in [4.78, 5) is 21.9. The van der Waals surface area contributed by atoms with Crippen LogP contribution in [0, 0.1) is 0 Å². The van der Waals surface area contributed by atoms with Gasteiger partial charge in [-0.15, -0.1) is 0 Å². The molecule has 10 heteroatoms. The van der Waals surface area contributed by atoms with E-state index in [1.807, 2.05) is 0 Å². The van der Waals surface area contributed by atoms with E-state index in [1.165, 1.54) is 24.3 Å². The molecule has 1 saturated heterocycles. The van der Waals surface area contributed by atoms with Crippen molar-refractivity contribution in [3.8, 4) is 11.5 Å². The van der Waals surface area contributed by atoms with Crippen LogP contribution in [-0.4, -0.2) is 74.8 Å². The molecule has 0 aromatic heterocycles. The van der Waals surface area contributed by atoms with E-state index in [1.54, 1.807) is 0 Å². The molecular weight excluding hydrogens is 364 g/mol. The Labute approximate surface area is 153 Å². The fourth-order valence-corrected chi connectivity index (χ4v) is 2.42. The van der Waals surface area contributed by atoms with Gasteiger partial charge in [0.05, 0.1) is 6.61 Å². The first-order valence-electron chi connectivity index (χ1n) is 7.93. The van der Waals surface area contributed by atoms with Gasteiger partial charge in [-0.1, -0.05) is 6.07 Å². The van der Waals surface area contributed by atoms with Crippen LogP contribution in [0.15, 0.2) is 24.3 Å². The van der Waals surface area contributed by atoms with Gasteiger partial charge in [-0.25, -0.2) is 4.79 Å². The van der Waals surface area contributed by atoms with Crippen LogP contribution >= 0.6 is 0 Å². The zero-order valence-corrected chi connectivity index (χ0v) is 14.3. The summed E-state index contributed by atoms with van der Waals surface area (Å²) in [5.41, 5.74) is 0.398. The number of aliphatic hydroxyl groups is 4. The van der Waals surface area contributed by atoms with Crippen molar-refractivity contribution in [2.75, 3.05) is 6.61 Å². The smallest absolute Gasteiger partial charge is 0.328 e. The molecule has 5 atom stereocenters. The van der Waals surface area contributed by atoms with Gasteiger partial charge in [-0.2, -0.15) is 0 Å². The first kappa shape index (κ1) is 20.8. The fraction of sp³-hybridized carbons (Fsp3) is 0.412. The number of aliphatic carboxylic acids is 1. The summed E-state index contributed by atoms with van der Waals surface area (Å²) in [5.74, 6) is -1.95. The molecule has 148 valence electrons. The first-order valence-corrected chi connectivity index (χ1v) is 7.93. The summed E-state index contributed by atoms with van der Waals surface area (Å²) < 4.78 is 15.7. The van der Waals surface area contributed by atoms with Crippen LogP contribution in [0.5, 0.6) is 11.5 Å². The van der Waals surface area contributed by atoms with Gasteiger partial charge in [0.2, 0.25) is 6.29 Å². The van der Waals surface area contributed by atoms with Crippen LogP contribution in [-0.2, 0) is 14.3 Å². The van der Waals surface area contributed by atoms with E-state index >= 15 is 0 Å². The third-order valence-electron chi connectivity index (χ3n) is 3.73. The Kier molecular flexibility index (Phi) is 6.88. The van der Waals surface area contributed by atoms with Gasteiger partial charge in [0.1, 0.15) is 24.4 Å². The number of esters is 1. The third-order valence-corrected chi connectivity index (χ3v) is 3.73. The molecule has 27 heavy (non-hydrogen) atoms. The van der Waals surface area contributed by atoms with Crippen molar-refractivity contribution in [1.82, 2.24) is 0 Å². The normalized spacial score (nSPS) is 28.1. The number of carbonyl (C=O) groups excluding carboxylic acids is 1. The van der Waals surface area contributed by atoms with Crippen molar-refractivity contribution >= 4 is 18.0 Å². The highest BCUT2D eigenvalue weighted by atomic mass is 16.7. The van der Waals surface area contributed by atoms with Crippen molar-refractivity contribution in [2.24, 2.45) is 0 Å². The average Bonchev–Trinajstić information content (AvgIpc) is 2.61. The lowest BCUT2D eigenvalue weighted by molar-refractivity contribution is -0.277. The molecule has 0 amide bonds. The minimum Gasteiger partial charge on any atom is -0.478 e. The molecule has 1 aliphatic heterocycles. The minimum atomic E-state index is -1.64. The molecule has 0 spiro atoms. The highest BCUT2D eigenvalue weighted by molar-refractivity contribution is 5.85. The van der Waals surface area contributed by atoms with Crippen LogP contribution in [0.2, 0.25) is 0 Å². The standard InChI is InChI=1S/C17H20O10/c1-8(19)25-11-6-9(3-5-13(20)21)2-4-10(11)26-17-16(24)15(23)14(22)12(7-18)27-17/h2-6,12,14-18,22-24H,7H2,1H3,(H,20,21)/b5-3+/t12-,14-,15+,16-,17-/m1/s1. The lowest BCUT2D eigenvalue weighted by Gasteiger charge is -2.39. The van der Waals surface area contributed by atoms with Crippen LogP contribution in [0.4, 0.5) is 0 Å². The summed E-state index contributed by atoms with van der Waals surface area (Å²) in [6.45, 7) is 0.526. The number of benzene rings is 1. The van der Waals surface area contributed by atoms with Gasteiger partial charge >= 0.3 is 11.9 Å². The minimum absolute atomic E-state index is 0.0398. The van der Waals surface area contributed by atoms with Gasteiger partial charge in [-0.3, -0.25) is 4.79 Å². The third kappa shape index (κ3) is 5.25. The molecule has 1 aromatic carbocycles. The summed E-state index contributed by atoms with van der Waals surface area (Å²) >= 11 is 0. The molecule has 0 unspecified atom stereocenters. The maximum absolute atomic E-state index is 11.3. The van der Waals surface area contributed by atoms with Crippen LogP contribution in [0.25, 0.3) is 6.08 Å². The molecule has 0 aliphatic carbocycles. The van der Waals surface area contributed by atoms with Crippen LogP contribution in [0.1, 0.15) is 12.5 Å². The number of rotatable bonds is 6. The fourth-order valence-electron chi connectivity index (χ4n) is 2.42. The Morgan fingerprint density at radius 1 is 1.15 bits per heavy atom. The lowest BCUT2D eigenvalue weighted by atomic mass is 9.99. The van der Waals surface area contributed by atoms with Crippen molar-refractivity contribution < 1.29 is 49.3 Å². The second-order valence-corrected chi connectivity index (χ2v) is 5.79. The summed E-state index contributed by atoms with van der Waals surface area (Å²) in [7, 11) is 0. The maximum atomic E-state index is 11.3. The van der Waals surface area contributed by atoms with Crippen LogP contribution < -0.4 is 9.47 Å². The largest absolute Gasteiger partial charge is 0.478 e. The van der Waals surface area contributed by atoms with Crippen molar-refractivity contribution in [1.29, 1.82) is 0 Å². The number of hydrogen-bond donors (Lipinski definition) is 5. The van der Waals surface area contributed by atoms with E-state index in [0.717, 1.165) is 13.0 Å². The molecule has 1 aliphatic rings. The van der Waals surface area contributed by atoms with E-state index in [9.17, 15) is 30.0 Å². The number of carboxylic acid groups (broad SMARTS) is 1. The highest BCUT2D eigenvalue weighted by Gasteiger charge is 2.45. The van der Waals surface area contributed by atoms with E-state index in [4.69, 9.17) is 19.3 Å². The Morgan fingerprint density at radius 2 is 1.85 bits per heavy atom. The molecule has 1 fully saturated rings. The van der Waals surface area contributed by atoms with E-state index in [0.29, 0.717) is 5.56 Å². The predicted octanol–water partition coefficient (Wildman–Crippen LogP) is -1.11. The van der Waals surface area contributed by atoms with Crippen LogP contribution in [0.3, 0.4) is 0 Å². The number of carboxylic acids is 1. The topological polar surface area (TPSA) is 163 Å². The Morgan fingerprint density at radius 3 is 2.44 bits per heavy atom. The summed E-state index contributed by atoms with van der Waals surface area (Å²) in [6.07, 6.45) is -5.27. The molecule has 5 N–H and O–H groups in total. The number of hydrogen-bond acceptors (Lipinski definition) is 9. The van der Waals surface area contributed by atoms with Gasteiger partial charge in [0, 0.05) is 13.0 Å². The Balaban J connectivity index is 2.28. The van der Waals surface area contributed by atoms with Crippen molar-refractivity contribution in [3.05, 3.63) is 29.8 Å². The molecule has 0 saturated carbocycles. The number of carbonyl (C=O) groups is 2. The lowest BCUT2D eigenvalue weighted by Crippen LogP contribution is -2.60. The molecular formula is C17H20O10. The van der Waals surface area contributed by atoms with Crippen molar-refractivity contribution in [3.63, 3.8) is 0 Å². The van der Waals surface area contributed by atoms with Gasteiger partial charge in [-0.05, 0) is 23.8 Å². The molecule has 0 radical (unpaired) electrons. The molecule has 1 aromatic rings. The maximum Gasteiger partial charge on any atom is 0.328 e. The number of aliphatic hydroxyl groups excluding tert-OH is 4. The van der Waals surface area contributed by atoms with E-state index < -0.39 is 49.3 Å².